The monoisotopic (exact) mass is 707 g/mol. The first kappa shape index (κ1) is 46.3. The molecule has 3 atom stereocenters. The van der Waals surface area contributed by atoms with Crippen molar-refractivity contribution < 1.29 is 19.2 Å². The van der Waals surface area contributed by atoms with Crippen LogP contribution in [-0.4, -0.2) is 134 Å². The van der Waals surface area contributed by atoms with Crippen LogP contribution in [0.1, 0.15) is 125 Å². The number of carbonyl (C=O) groups excluding carboxylic acids is 4. The summed E-state index contributed by atoms with van der Waals surface area (Å²) in [6, 6.07) is 0. The minimum atomic E-state index is 0.0225. The Labute approximate surface area is 307 Å². The summed E-state index contributed by atoms with van der Waals surface area (Å²) >= 11 is 0. The Morgan fingerprint density at radius 1 is 0.520 bits per heavy atom. The second kappa shape index (κ2) is 28.8. The lowest BCUT2D eigenvalue weighted by Gasteiger charge is -2.27. The molecule has 1 rings (SSSR count). The van der Waals surface area contributed by atoms with E-state index in [1.54, 1.807) is 0 Å². The van der Waals surface area contributed by atoms with Crippen LogP contribution in [0.3, 0.4) is 0 Å². The lowest BCUT2D eigenvalue weighted by molar-refractivity contribution is -0.123. The van der Waals surface area contributed by atoms with Gasteiger partial charge in [-0.3, -0.25) is 38.8 Å². The van der Waals surface area contributed by atoms with Gasteiger partial charge in [0, 0.05) is 38.9 Å². The van der Waals surface area contributed by atoms with Gasteiger partial charge in [0.1, 0.15) is 17.3 Å². The van der Waals surface area contributed by atoms with Crippen molar-refractivity contribution in [3.63, 3.8) is 0 Å². The number of ketones is 3. The van der Waals surface area contributed by atoms with E-state index in [-0.39, 0.29) is 5.91 Å². The maximum atomic E-state index is 13.5. The second-order valence-corrected chi connectivity index (χ2v) is 14.8. The molecule has 50 heavy (non-hydrogen) atoms. The number of likely N-dealkylation sites (N-methyl/N-ethyl adjacent to an activating group) is 4. The average molecular weight is 707 g/mol. The molecule has 0 saturated heterocycles. The lowest BCUT2D eigenvalue weighted by atomic mass is 9.81. The van der Waals surface area contributed by atoms with Gasteiger partial charge in [0.25, 0.3) is 0 Å². The number of nitrogens with zero attached hydrogens (tertiary/aromatic N) is 4. The number of carbonyl (C=O) groups is 4. The van der Waals surface area contributed by atoms with Gasteiger partial charge in [0.2, 0.25) is 5.91 Å². The summed E-state index contributed by atoms with van der Waals surface area (Å²) in [5.74, 6) is 2.03. The number of nitrogens with two attached hydrogens (primary N) is 1. The van der Waals surface area contributed by atoms with Gasteiger partial charge < -0.3 is 11.1 Å². The van der Waals surface area contributed by atoms with Crippen molar-refractivity contribution in [3.8, 4) is 0 Å². The molecule has 292 valence electrons. The van der Waals surface area contributed by atoms with Gasteiger partial charge in [0.05, 0.1) is 26.2 Å². The molecular formula is C40H78N6O4. The van der Waals surface area contributed by atoms with Gasteiger partial charge in [0.15, 0.2) is 0 Å². The van der Waals surface area contributed by atoms with Crippen LogP contribution in [0.2, 0.25) is 0 Å². The highest BCUT2D eigenvalue weighted by molar-refractivity contribution is 5.81. The fraction of sp³-hybridized carbons (Fsp3) is 0.900. The van der Waals surface area contributed by atoms with E-state index in [0.717, 1.165) is 117 Å². The van der Waals surface area contributed by atoms with Crippen LogP contribution in [0.5, 0.6) is 0 Å². The predicted octanol–water partition coefficient (Wildman–Crippen LogP) is 5.03. The van der Waals surface area contributed by atoms with Crippen molar-refractivity contribution in [1.29, 1.82) is 0 Å². The fourth-order valence-electron chi connectivity index (χ4n) is 7.40. The van der Waals surface area contributed by atoms with Crippen LogP contribution in [0.25, 0.3) is 0 Å². The Bertz CT molecular complexity index is 926. The third-order valence-electron chi connectivity index (χ3n) is 10.9. The molecule has 1 aliphatic rings. The molecule has 0 heterocycles. The van der Waals surface area contributed by atoms with E-state index in [1.165, 1.54) is 0 Å². The number of Topliss-reactive ketones (excluding diaryl/α,β-unsaturated/α-hetero) is 3. The van der Waals surface area contributed by atoms with Crippen molar-refractivity contribution in [2.45, 2.75) is 125 Å². The zero-order valence-electron chi connectivity index (χ0n) is 33.3. The minimum Gasteiger partial charge on any atom is -0.355 e. The molecule has 10 heteroatoms. The summed E-state index contributed by atoms with van der Waals surface area (Å²) in [4.78, 5) is 60.8. The van der Waals surface area contributed by atoms with Gasteiger partial charge in [-0.25, -0.2) is 0 Å². The topological polar surface area (TPSA) is 119 Å². The smallest absolute Gasteiger partial charge is 0.234 e. The van der Waals surface area contributed by atoms with Crippen LogP contribution < -0.4 is 11.1 Å². The summed E-state index contributed by atoms with van der Waals surface area (Å²) in [6.07, 6.45) is 12.1. The third-order valence-corrected chi connectivity index (χ3v) is 10.9. The van der Waals surface area contributed by atoms with Crippen molar-refractivity contribution in [2.24, 2.45) is 23.5 Å². The maximum Gasteiger partial charge on any atom is 0.234 e. The molecule has 0 aliphatic heterocycles. The molecule has 0 bridgehead atoms. The molecule has 0 unspecified atom stereocenters. The quantitative estimate of drug-likeness (QED) is 0.120. The Hall–Kier alpha value is -1.72. The number of hydrogen-bond acceptors (Lipinski definition) is 9. The zero-order chi connectivity index (χ0) is 37.1. The van der Waals surface area contributed by atoms with E-state index in [2.05, 4.69) is 66.5 Å². The van der Waals surface area contributed by atoms with Crippen molar-refractivity contribution in [3.05, 3.63) is 0 Å². The van der Waals surface area contributed by atoms with Crippen LogP contribution in [-0.2, 0) is 19.2 Å². The average Bonchev–Trinajstić information content (AvgIpc) is 3.10. The molecule has 0 aromatic carbocycles. The number of hydrogen-bond donors (Lipinski definition) is 2. The highest BCUT2D eigenvalue weighted by Crippen LogP contribution is 2.31. The molecule has 3 N–H and O–H groups in total. The van der Waals surface area contributed by atoms with E-state index in [9.17, 15) is 19.2 Å². The summed E-state index contributed by atoms with van der Waals surface area (Å²) < 4.78 is 0. The van der Waals surface area contributed by atoms with Gasteiger partial charge in [-0.15, -0.1) is 0 Å². The van der Waals surface area contributed by atoms with Gasteiger partial charge >= 0.3 is 0 Å². The van der Waals surface area contributed by atoms with E-state index >= 15 is 0 Å². The highest BCUT2D eigenvalue weighted by Gasteiger charge is 2.24. The maximum absolute atomic E-state index is 13.5. The second-order valence-electron chi connectivity index (χ2n) is 14.8. The SMILES string of the molecule is CCN(CC)CC(=O)C[C@H]1CC[C@@H](CC(=O)CN(CC)CC)CCCCC[C@@H](CC(=O)CN(CC)CCN(CC)CC(=O)NCCCN)CC1. The molecule has 1 fully saturated rings. The number of amides is 1. The van der Waals surface area contributed by atoms with Crippen LogP contribution in [0.15, 0.2) is 0 Å². The van der Waals surface area contributed by atoms with Gasteiger partial charge in [-0.2, -0.15) is 0 Å². The molecular weight excluding hydrogens is 628 g/mol. The summed E-state index contributed by atoms with van der Waals surface area (Å²) in [5, 5.41) is 2.94. The molecule has 1 amide bonds. The standard InChI is InChI=1S/C40H78N6O4/c1-7-43(8-2)30-37(47)27-34-17-14-13-15-18-35(20-22-36(21-19-34)29-38(48)31-44(9-3)10-4)28-39(49)32-45(11-5)25-26-46(12-6)33-40(50)42-24-16-23-41/h34-36H,7-33,41H2,1-6H3,(H,42,50)/t34-,35+,36-/m0/s1. The number of nitrogens with one attached hydrogen (secondary N) is 1. The Kier molecular flexibility index (Phi) is 26.7. The first-order valence-electron chi connectivity index (χ1n) is 20.5. The molecule has 1 aliphatic carbocycles. The lowest BCUT2D eigenvalue weighted by Crippen LogP contribution is -2.42. The summed E-state index contributed by atoms with van der Waals surface area (Å²) in [5.41, 5.74) is 5.54. The first-order valence-corrected chi connectivity index (χ1v) is 20.5. The molecule has 0 aromatic rings. The van der Waals surface area contributed by atoms with Crippen LogP contribution in [0, 0.1) is 17.8 Å². The zero-order valence-corrected chi connectivity index (χ0v) is 33.3. The minimum absolute atomic E-state index is 0.0225. The van der Waals surface area contributed by atoms with Gasteiger partial charge in [-0.1, -0.05) is 73.6 Å². The van der Waals surface area contributed by atoms with E-state index in [1.807, 2.05) is 0 Å². The molecule has 1 saturated carbocycles. The van der Waals surface area contributed by atoms with Crippen molar-refractivity contribution >= 4 is 23.3 Å². The fourth-order valence-corrected chi connectivity index (χ4v) is 7.40. The summed E-state index contributed by atoms with van der Waals surface area (Å²) in [6.45, 7) is 22.3. The van der Waals surface area contributed by atoms with Crippen molar-refractivity contribution in [2.75, 3.05) is 91.6 Å². The normalized spacial score (nSPS) is 19.5. The molecule has 0 spiro atoms. The number of rotatable bonds is 26. The Morgan fingerprint density at radius 2 is 0.880 bits per heavy atom. The van der Waals surface area contributed by atoms with Crippen LogP contribution in [0.4, 0.5) is 0 Å². The first-order chi connectivity index (χ1) is 24.1. The molecule has 0 aromatic heterocycles. The van der Waals surface area contributed by atoms with E-state index < -0.39 is 0 Å². The Balaban J connectivity index is 2.85. The largest absolute Gasteiger partial charge is 0.355 e. The molecule has 0 radical (unpaired) electrons. The van der Waals surface area contributed by atoms with E-state index in [0.29, 0.717) is 93.6 Å². The summed E-state index contributed by atoms with van der Waals surface area (Å²) in [7, 11) is 0. The van der Waals surface area contributed by atoms with Gasteiger partial charge in [-0.05, 0) is 95.7 Å². The van der Waals surface area contributed by atoms with Crippen molar-refractivity contribution in [1.82, 2.24) is 24.9 Å². The van der Waals surface area contributed by atoms with E-state index in [4.69, 9.17) is 5.73 Å². The predicted molar refractivity (Wildman–Crippen MR) is 207 cm³/mol. The molecule has 10 nitrogen and oxygen atoms in total. The Morgan fingerprint density at radius 3 is 1.26 bits per heavy atom. The van der Waals surface area contributed by atoms with Crippen LogP contribution >= 0.6 is 0 Å². The third kappa shape index (κ3) is 21.6. The highest BCUT2D eigenvalue weighted by atomic mass is 16.2.